The highest BCUT2D eigenvalue weighted by molar-refractivity contribution is 7.91. The van der Waals surface area contributed by atoms with Gasteiger partial charge in [0.2, 0.25) is 10.0 Å². The van der Waals surface area contributed by atoms with E-state index in [-0.39, 0.29) is 57.0 Å². The van der Waals surface area contributed by atoms with Gasteiger partial charge in [0.15, 0.2) is 4.75 Å². The number of sulfonamides is 1. The zero-order valence-electron chi connectivity index (χ0n) is 17.5. The Morgan fingerprint density at radius 3 is 2.48 bits per heavy atom. The standard InChI is InChI=1S/C20H29F2N3O5S/c1-2-7-20(21,22)16-3-4-17(23-14-16)15-5-10-25(11-6-15)31(28,29)19(18(26)24-27)8-12-30-13-9-19/h3-4,14-15,27H,2,5-13H2,1H3,(H,24,26). The van der Waals surface area contributed by atoms with E-state index in [1.807, 2.05) is 0 Å². The summed E-state index contributed by atoms with van der Waals surface area (Å²) in [6.07, 6.45) is 2.20. The van der Waals surface area contributed by atoms with Crippen LogP contribution < -0.4 is 5.48 Å². The molecule has 1 aromatic heterocycles. The van der Waals surface area contributed by atoms with Gasteiger partial charge in [-0.25, -0.2) is 27.0 Å². The second kappa shape index (κ2) is 9.43. The first-order valence-corrected chi connectivity index (χ1v) is 12.0. The fourth-order valence-electron chi connectivity index (χ4n) is 4.37. The normalized spacial score (nSPS) is 21.0. The predicted molar refractivity (Wildman–Crippen MR) is 108 cm³/mol. The van der Waals surface area contributed by atoms with Gasteiger partial charge in [-0.1, -0.05) is 13.3 Å². The molecule has 0 radical (unpaired) electrons. The average molecular weight is 462 g/mol. The number of alkyl halides is 2. The lowest BCUT2D eigenvalue weighted by Gasteiger charge is -2.40. The van der Waals surface area contributed by atoms with Crippen molar-refractivity contribution in [3.63, 3.8) is 0 Å². The van der Waals surface area contributed by atoms with Crippen LogP contribution in [0.5, 0.6) is 0 Å². The van der Waals surface area contributed by atoms with Crippen molar-refractivity contribution in [2.45, 2.75) is 62.0 Å². The van der Waals surface area contributed by atoms with E-state index in [2.05, 4.69) is 4.98 Å². The van der Waals surface area contributed by atoms with Gasteiger partial charge in [0.25, 0.3) is 11.8 Å². The Labute approximate surface area is 181 Å². The van der Waals surface area contributed by atoms with Gasteiger partial charge in [-0.15, -0.1) is 0 Å². The number of hydroxylamine groups is 1. The lowest BCUT2D eigenvalue weighted by molar-refractivity contribution is -0.134. The number of piperidine rings is 1. The Kier molecular flexibility index (Phi) is 7.29. The molecule has 0 unspecified atom stereocenters. The highest BCUT2D eigenvalue weighted by Crippen LogP contribution is 2.37. The van der Waals surface area contributed by atoms with Crippen LogP contribution in [-0.4, -0.2) is 59.9 Å². The minimum Gasteiger partial charge on any atom is -0.381 e. The van der Waals surface area contributed by atoms with E-state index in [0.717, 1.165) is 0 Å². The third kappa shape index (κ3) is 4.59. The Morgan fingerprint density at radius 1 is 1.32 bits per heavy atom. The largest absolute Gasteiger partial charge is 0.381 e. The molecule has 2 fully saturated rings. The van der Waals surface area contributed by atoms with Crippen molar-refractivity contribution in [2.24, 2.45) is 0 Å². The highest BCUT2D eigenvalue weighted by Gasteiger charge is 2.54. The first kappa shape index (κ1) is 24.0. The zero-order chi connectivity index (χ0) is 22.7. The summed E-state index contributed by atoms with van der Waals surface area (Å²) in [6, 6.07) is 2.98. The third-order valence-corrected chi connectivity index (χ3v) is 8.92. The smallest absolute Gasteiger partial charge is 0.274 e. The number of hydrogen-bond acceptors (Lipinski definition) is 6. The minimum atomic E-state index is -4.03. The molecule has 8 nitrogen and oxygen atoms in total. The van der Waals surface area contributed by atoms with Crippen LogP contribution in [-0.2, 0) is 25.5 Å². The molecule has 0 saturated carbocycles. The van der Waals surface area contributed by atoms with Crippen LogP contribution in [0.2, 0.25) is 0 Å². The monoisotopic (exact) mass is 461 g/mol. The van der Waals surface area contributed by atoms with Gasteiger partial charge in [0, 0.05) is 68.9 Å². The van der Waals surface area contributed by atoms with Crippen LogP contribution in [0.3, 0.4) is 0 Å². The maximum atomic E-state index is 14.0. The molecule has 3 heterocycles. The summed E-state index contributed by atoms with van der Waals surface area (Å²) in [5.74, 6) is -3.91. The number of carbonyl (C=O) groups excluding carboxylic acids is 1. The molecule has 1 aromatic rings. The van der Waals surface area contributed by atoms with Crippen LogP contribution in [0.15, 0.2) is 18.3 Å². The number of halogens is 2. The zero-order valence-corrected chi connectivity index (χ0v) is 18.3. The molecular weight excluding hydrogens is 432 g/mol. The highest BCUT2D eigenvalue weighted by atomic mass is 32.2. The Bertz CT molecular complexity index is 865. The third-order valence-electron chi connectivity index (χ3n) is 6.29. The van der Waals surface area contributed by atoms with Crippen molar-refractivity contribution in [3.05, 3.63) is 29.6 Å². The molecule has 0 atom stereocenters. The van der Waals surface area contributed by atoms with E-state index >= 15 is 0 Å². The van der Waals surface area contributed by atoms with E-state index in [0.29, 0.717) is 25.0 Å². The fraction of sp³-hybridized carbons (Fsp3) is 0.700. The number of rotatable bonds is 7. The van der Waals surface area contributed by atoms with Crippen LogP contribution in [0.25, 0.3) is 0 Å². The number of nitrogens with one attached hydrogen (secondary N) is 1. The number of pyridine rings is 1. The molecule has 2 N–H and O–H groups in total. The van der Waals surface area contributed by atoms with Gasteiger partial charge in [0.1, 0.15) is 0 Å². The summed E-state index contributed by atoms with van der Waals surface area (Å²) >= 11 is 0. The van der Waals surface area contributed by atoms with Crippen LogP contribution >= 0.6 is 0 Å². The van der Waals surface area contributed by atoms with Gasteiger partial charge in [-0.2, -0.15) is 0 Å². The summed E-state index contributed by atoms with van der Waals surface area (Å²) in [6.45, 7) is 2.30. The molecule has 1 amide bonds. The molecule has 0 bridgehead atoms. The van der Waals surface area contributed by atoms with Crippen LogP contribution in [0.1, 0.15) is 62.6 Å². The summed E-state index contributed by atoms with van der Waals surface area (Å²) in [4.78, 5) is 16.6. The van der Waals surface area contributed by atoms with Gasteiger partial charge < -0.3 is 4.74 Å². The van der Waals surface area contributed by atoms with Crippen molar-refractivity contribution in [1.29, 1.82) is 0 Å². The van der Waals surface area contributed by atoms with Crippen molar-refractivity contribution >= 4 is 15.9 Å². The number of ether oxygens (including phenoxy) is 1. The molecule has 2 saturated heterocycles. The van der Waals surface area contributed by atoms with E-state index in [1.165, 1.54) is 22.0 Å². The molecule has 174 valence electrons. The van der Waals surface area contributed by atoms with Crippen LogP contribution in [0.4, 0.5) is 8.78 Å². The topological polar surface area (TPSA) is 109 Å². The number of carbonyl (C=O) groups is 1. The molecular formula is C20H29F2N3O5S. The van der Waals surface area contributed by atoms with Crippen molar-refractivity contribution in [3.8, 4) is 0 Å². The maximum absolute atomic E-state index is 14.0. The van der Waals surface area contributed by atoms with Crippen molar-refractivity contribution in [2.75, 3.05) is 26.3 Å². The van der Waals surface area contributed by atoms with Crippen LogP contribution in [0, 0.1) is 0 Å². The number of nitrogens with zero attached hydrogens (tertiary/aromatic N) is 2. The van der Waals surface area contributed by atoms with Crippen molar-refractivity contribution < 1.29 is 31.9 Å². The van der Waals surface area contributed by atoms with E-state index in [9.17, 15) is 22.0 Å². The Hall–Kier alpha value is -1.69. The molecule has 11 heteroatoms. The second-order valence-electron chi connectivity index (χ2n) is 8.15. The number of aromatic nitrogens is 1. The summed E-state index contributed by atoms with van der Waals surface area (Å²) in [5, 5.41) is 9.13. The molecule has 3 rings (SSSR count). The molecule has 31 heavy (non-hydrogen) atoms. The first-order valence-electron chi connectivity index (χ1n) is 10.5. The molecule has 0 aromatic carbocycles. The lowest BCUT2D eigenvalue weighted by Crippen LogP contribution is -2.60. The molecule has 0 spiro atoms. The molecule has 2 aliphatic rings. The van der Waals surface area contributed by atoms with Gasteiger partial charge >= 0.3 is 0 Å². The quantitative estimate of drug-likeness (QED) is 0.477. The first-order chi connectivity index (χ1) is 14.7. The number of amides is 1. The summed E-state index contributed by atoms with van der Waals surface area (Å²) in [5.41, 5.74) is 2.05. The van der Waals surface area contributed by atoms with E-state index in [1.54, 1.807) is 13.0 Å². The summed E-state index contributed by atoms with van der Waals surface area (Å²) < 4.78 is 59.5. The Balaban J connectivity index is 1.70. The lowest BCUT2D eigenvalue weighted by atomic mass is 9.93. The predicted octanol–water partition coefficient (Wildman–Crippen LogP) is 2.54. The number of hydrogen-bond donors (Lipinski definition) is 2. The van der Waals surface area contributed by atoms with E-state index in [4.69, 9.17) is 9.94 Å². The SMILES string of the molecule is CCCC(F)(F)c1ccc(C2CCN(S(=O)(=O)C3(C(=O)NO)CCOCC3)CC2)nc1. The van der Waals surface area contributed by atoms with Gasteiger partial charge in [0.05, 0.1) is 0 Å². The van der Waals surface area contributed by atoms with Crippen molar-refractivity contribution in [1.82, 2.24) is 14.8 Å². The molecule has 0 aliphatic carbocycles. The van der Waals surface area contributed by atoms with Gasteiger partial charge in [-0.3, -0.25) is 15.0 Å². The summed E-state index contributed by atoms with van der Waals surface area (Å²) in [7, 11) is -4.03. The fourth-order valence-corrected chi connectivity index (χ4v) is 6.51. The molecule has 2 aliphatic heterocycles. The van der Waals surface area contributed by atoms with Gasteiger partial charge in [-0.05, 0) is 25.0 Å². The second-order valence-corrected chi connectivity index (χ2v) is 10.4. The van der Waals surface area contributed by atoms with E-state index < -0.39 is 26.6 Å². The average Bonchev–Trinajstić information content (AvgIpc) is 2.79. The minimum absolute atomic E-state index is 0.0311. The maximum Gasteiger partial charge on any atom is 0.274 e. The Morgan fingerprint density at radius 2 is 1.97 bits per heavy atom.